The fourth-order valence-corrected chi connectivity index (χ4v) is 9.94. The normalized spacial score (nSPS) is 24.0. The number of thiophene rings is 1. The van der Waals surface area contributed by atoms with Gasteiger partial charge in [0.2, 0.25) is 0 Å². The molecular formula is C37H34ClF3N8O2S. The first-order valence-electron chi connectivity index (χ1n) is 17.2. The molecule has 1 amide bonds. The third-order valence-electron chi connectivity index (χ3n) is 11.3. The van der Waals surface area contributed by atoms with Crippen LogP contribution in [0.25, 0.3) is 32.1 Å². The predicted octanol–water partition coefficient (Wildman–Crippen LogP) is 6.89. The fourth-order valence-electron chi connectivity index (χ4n) is 8.70. The largest absolute Gasteiger partial charge is 0.461 e. The summed E-state index contributed by atoms with van der Waals surface area (Å²) in [5.41, 5.74) is 5.80. The third-order valence-corrected chi connectivity index (χ3v) is 12.7. The second kappa shape index (κ2) is 12.5. The first-order valence-corrected chi connectivity index (χ1v) is 18.4. The van der Waals surface area contributed by atoms with Gasteiger partial charge in [-0.05, 0) is 63.8 Å². The number of amides is 1. The van der Waals surface area contributed by atoms with Crippen LogP contribution in [0.15, 0.2) is 29.3 Å². The number of hydrogen-bond acceptors (Lipinski definition) is 10. The molecule has 15 heteroatoms. The number of allylic oxidation sites excluding steroid dienone is 1. The van der Waals surface area contributed by atoms with Gasteiger partial charge in [-0.1, -0.05) is 23.2 Å². The molecule has 2 aromatic carbocycles. The highest BCUT2D eigenvalue weighted by Gasteiger charge is 2.53. The van der Waals surface area contributed by atoms with E-state index in [1.165, 1.54) is 12.1 Å². The Balaban J connectivity index is 1.25. The first kappa shape index (κ1) is 34.5. The van der Waals surface area contributed by atoms with Gasteiger partial charge in [0.05, 0.1) is 26.4 Å². The molecule has 1 spiro atoms. The average Bonchev–Trinajstić information content (AvgIpc) is 3.86. The maximum Gasteiger partial charge on any atom is 0.319 e. The van der Waals surface area contributed by atoms with Gasteiger partial charge in [-0.3, -0.25) is 9.69 Å². The molecule has 1 unspecified atom stereocenters. The average molecular weight is 747 g/mol. The molecule has 2 N–H and O–H groups in total. The number of nitrogens with zero attached hydrogens (tertiary/aromatic N) is 7. The summed E-state index contributed by atoms with van der Waals surface area (Å²) in [6.45, 7) is 6.02. The number of rotatable bonds is 6. The molecule has 10 nitrogen and oxygen atoms in total. The molecule has 4 aliphatic rings. The highest BCUT2D eigenvalue weighted by Crippen LogP contribution is 2.48. The Morgan fingerprint density at radius 2 is 1.96 bits per heavy atom. The van der Waals surface area contributed by atoms with Gasteiger partial charge in [0.1, 0.15) is 52.6 Å². The topological polar surface area (TPSA) is 135 Å². The minimum absolute atomic E-state index is 0.0119. The Hall–Kier alpha value is -4.63. The number of carbonyl (C=O) groups excluding carboxylic acids is 1. The smallest absolute Gasteiger partial charge is 0.319 e. The highest BCUT2D eigenvalue weighted by atomic mass is 35.5. The lowest BCUT2D eigenvalue weighted by molar-refractivity contribution is -0.140. The van der Waals surface area contributed by atoms with E-state index >= 15 is 4.39 Å². The van der Waals surface area contributed by atoms with Crippen LogP contribution >= 0.6 is 22.9 Å². The summed E-state index contributed by atoms with van der Waals surface area (Å²) < 4.78 is 53.1. The van der Waals surface area contributed by atoms with Crippen LogP contribution in [-0.4, -0.2) is 82.3 Å². The second-order valence-electron chi connectivity index (χ2n) is 14.5. The summed E-state index contributed by atoms with van der Waals surface area (Å²) in [7, 11) is 0. The van der Waals surface area contributed by atoms with Crippen LogP contribution in [0.3, 0.4) is 0 Å². The number of halogens is 4. The van der Waals surface area contributed by atoms with Crippen LogP contribution in [0.4, 0.5) is 24.0 Å². The van der Waals surface area contributed by atoms with Crippen molar-refractivity contribution in [2.45, 2.75) is 63.2 Å². The Morgan fingerprint density at radius 1 is 1.17 bits per heavy atom. The fraction of sp³-hybridized carbons (Fsp3) is 0.432. The molecule has 52 heavy (non-hydrogen) atoms. The number of nitrogen functional groups attached to an aromatic ring is 1. The van der Waals surface area contributed by atoms with Crippen molar-refractivity contribution in [1.29, 1.82) is 10.5 Å². The number of carbonyl (C=O) groups is 1. The van der Waals surface area contributed by atoms with E-state index in [9.17, 15) is 24.1 Å². The van der Waals surface area contributed by atoms with Crippen molar-refractivity contribution in [3.8, 4) is 29.3 Å². The van der Waals surface area contributed by atoms with E-state index in [0.29, 0.717) is 55.8 Å². The maximum absolute atomic E-state index is 17.1. The zero-order valence-electron chi connectivity index (χ0n) is 28.5. The van der Waals surface area contributed by atoms with E-state index in [-0.39, 0.29) is 66.4 Å². The first-order chi connectivity index (χ1) is 24.9. The number of benzene rings is 2. The third kappa shape index (κ3) is 5.18. The SMILES string of the molecule is CC(C)=C(C#N)C(=O)N1CCC12CCN(c1nc(OC[C@@]34CCCN3C[C@H](F)C4)nc3c(F)c(-c4ccc(F)c5sc(N)c(C#N)c45)c(Cl)cc13)C2. The molecule has 8 rings (SSSR count). The van der Waals surface area contributed by atoms with Crippen LogP contribution in [0, 0.1) is 34.3 Å². The summed E-state index contributed by atoms with van der Waals surface area (Å²) in [6.07, 6.45) is 2.32. The quantitative estimate of drug-likeness (QED) is 0.165. The van der Waals surface area contributed by atoms with Gasteiger partial charge in [0.25, 0.3) is 5.91 Å². The van der Waals surface area contributed by atoms with Crippen LogP contribution in [0.1, 0.15) is 51.5 Å². The minimum atomic E-state index is -0.974. The number of nitrogens with two attached hydrogens (primary N) is 1. The van der Waals surface area contributed by atoms with Crippen molar-refractivity contribution < 1.29 is 22.7 Å². The van der Waals surface area contributed by atoms with E-state index in [0.717, 1.165) is 37.1 Å². The Kier molecular flexibility index (Phi) is 8.29. The van der Waals surface area contributed by atoms with Crippen LogP contribution in [-0.2, 0) is 4.79 Å². The molecule has 0 aliphatic carbocycles. The lowest BCUT2D eigenvalue weighted by Gasteiger charge is -2.50. The van der Waals surface area contributed by atoms with Crippen LogP contribution < -0.4 is 15.4 Å². The molecular weight excluding hydrogens is 713 g/mol. The highest BCUT2D eigenvalue weighted by molar-refractivity contribution is 7.23. The molecule has 4 fully saturated rings. The van der Waals surface area contributed by atoms with E-state index in [2.05, 4.69) is 9.88 Å². The predicted molar refractivity (Wildman–Crippen MR) is 193 cm³/mol. The van der Waals surface area contributed by atoms with Gasteiger partial charge in [0, 0.05) is 48.9 Å². The van der Waals surface area contributed by atoms with Gasteiger partial charge < -0.3 is 20.3 Å². The van der Waals surface area contributed by atoms with Gasteiger partial charge in [-0.15, -0.1) is 11.3 Å². The van der Waals surface area contributed by atoms with E-state index in [4.69, 9.17) is 27.1 Å². The van der Waals surface area contributed by atoms with E-state index in [1.807, 2.05) is 17.0 Å². The van der Waals surface area contributed by atoms with Crippen molar-refractivity contribution >= 4 is 60.7 Å². The van der Waals surface area contributed by atoms with E-state index in [1.54, 1.807) is 24.8 Å². The number of aromatic nitrogens is 2. The van der Waals surface area contributed by atoms with Gasteiger partial charge >= 0.3 is 6.01 Å². The number of alkyl halides is 1. The summed E-state index contributed by atoms with van der Waals surface area (Å²) in [6, 6.07) is 8.08. The zero-order valence-corrected chi connectivity index (χ0v) is 30.1. The molecule has 0 saturated carbocycles. The molecule has 0 radical (unpaired) electrons. The Morgan fingerprint density at radius 3 is 2.67 bits per heavy atom. The van der Waals surface area contributed by atoms with Gasteiger partial charge in [-0.25, -0.2) is 13.2 Å². The van der Waals surface area contributed by atoms with Crippen molar-refractivity contribution in [3.63, 3.8) is 0 Å². The number of ether oxygens (including phenoxy) is 1. The molecule has 4 aliphatic heterocycles. The van der Waals surface area contributed by atoms with Crippen molar-refractivity contribution in [1.82, 2.24) is 19.8 Å². The molecule has 4 saturated heterocycles. The second-order valence-corrected chi connectivity index (χ2v) is 15.9. The summed E-state index contributed by atoms with van der Waals surface area (Å²) in [4.78, 5) is 28.6. The van der Waals surface area contributed by atoms with E-state index < -0.39 is 28.9 Å². The number of nitriles is 2. The van der Waals surface area contributed by atoms with Crippen molar-refractivity contribution in [2.24, 2.45) is 0 Å². The van der Waals surface area contributed by atoms with Gasteiger partial charge in [-0.2, -0.15) is 20.5 Å². The van der Waals surface area contributed by atoms with Crippen molar-refractivity contribution in [2.75, 3.05) is 50.0 Å². The zero-order chi connectivity index (χ0) is 36.7. The molecule has 268 valence electrons. The number of hydrogen-bond donors (Lipinski definition) is 1. The number of anilines is 2. The lowest BCUT2D eigenvalue weighted by Crippen LogP contribution is -2.63. The minimum Gasteiger partial charge on any atom is -0.461 e. The number of fused-ring (bicyclic) bond motifs is 3. The number of likely N-dealkylation sites (tertiary alicyclic amines) is 1. The maximum atomic E-state index is 17.1. The molecule has 0 bridgehead atoms. The van der Waals surface area contributed by atoms with Crippen LogP contribution in [0.5, 0.6) is 6.01 Å². The molecule has 4 aromatic rings. The summed E-state index contributed by atoms with van der Waals surface area (Å²) >= 11 is 7.78. The summed E-state index contributed by atoms with van der Waals surface area (Å²) in [5, 5.41) is 20.1. The monoisotopic (exact) mass is 746 g/mol. The standard InChI is InChI=1S/C37H34ClF3N8O2S/c1-19(2)23(14-42)34(50)49-11-8-36(49)7-10-47(17-36)33-22-12-25(38)28(21-4-5-26(40)31-27(21)24(15-43)32(44)52-31)29(41)30(22)45-35(46-33)51-18-37-6-3-9-48(37)16-20(39)13-37/h4-5,12,20H,3,6-11,13,16-18,44H2,1-2H3/t20-,36?,37+/m1/s1. The Labute approximate surface area is 306 Å². The summed E-state index contributed by atoms with van der Waals surface area (Å²) in [5.74, 6) is -1.39. The lowest BCUT2D eigenvalue weighted by atomic mass is 9.83. The van der Waals surface area contributed by atoms with Gasteiger partial charge in [0.15, 0.2) is 5.82 Å². The molecule has 2 aromatic heterocycles. The van der Waals surface area contributed by atoms with Crippen molar-refractivity contribution in [3.05, 3.63) is 51.6 Å². The molecule has 3 atom stereocenters. The van der Waals surface area contributed by atoms with Crippen LogP contribution in [0.2, 0.25) is 5.02 Å². The Bertz CT molecular complexity index is 2320. The molecule has 6 heterocycles.